The number of aromatic nitrogens is 3. The summed E-state index contributed by atoms with van der Waals surface area (Å²) in [5, 5.41) is 0.817. The van der Waals surface area contributed by atoms with Crippen molar-refractivity contribution in [2.45, 2.75) is 0 Å². The second kappa shape index (κ2) is 6.38. The van der Waals surface area contributed by atoms with E-state index in [4.69, 9.17) is 10.7 Å². The van der Waals surface area contributed by atoms with Crippen molar-refractivity contribution in [1.29, 1.82) is 0 Å². The summed E-state index contributed by atoms with van der Waals surface area (Å²) in [6, 6.07) is 13.6. The smallest absolute Gasteiger partial charge is 0.261 e. The number of nitrogens with one attached hydrogen (secondary N) is 2. The predicted molar refractivity (Wildman–Crippen MR) is 114 cm³/mol. The first-order valence-corrected chi connectivity index (χ1v) is 9.45. The molecule has 4 aromatic rings. The molecule has 0 spiro atoms. The van der Waals surface area contributed by atoms with Crippen LogP contribution in [0.3, 0.4) is 0 Å². The molecular weight excluding hydrogens is 352 g/mol. The fraction of sp³-hybridized carbons (Fsp3) is 0.238. The van der Waals surface area contributed by atoms with Crippen LogP contribution in [-0.2, 0) is 0 Å². The van der Waals surface area contributed by atoms with E-state index in [1.54, 1.807) is 0 Å². The number of anilines is 2. The van der Waals surface area contributed by atoms with Crippen molar-refractivity contribution in [3.8, 4) is 11.4 Å². The average molecular weight is 374 g/mol. The summed E-state index contributed by atoms with van der Waals surface area (Å²) in [4.78, 5) is 28.4. The van der Waals surface area contributed by atoms with Gasteiger partial charge in [0.05, 0.1) is 22.4 Å². The highest BCUT2D eigenvalue weighted by molar-refractivity contribution is 5.98. The van der Waals surface area contributed by atoms with Crippen LogP contribution in [-0.4, -0.2) is 53.1 Å². The van der Waals surface area contributed by atoms with Gasteiger partial charge in [-0.2, -0.15) is 0 Å². The van der Waals surface area contributed by atoms with E-state index < -0.39 is 0 Å². The fourth-order valence-electron chi connectivity index (χ4n) is 3.94. The molecule has 4 N–H and O–H groups in total. The zero-order valence-corrected chi connectivity index (χ0v) is 15.7. The Morgan fingerprint density at radius 1 is 0.964 bits per heavy atom. The molecule has 0 bridgehead atoms. The van der Waals surface area contributed by atoms with Gasteiger partial charge < -0.3 is 25.5 Å². The van der Waals surface area contributed by atoms with Gasteiger partial charge in [0.25, 0.3) is 5.56 Å². The molecule has 1 aliphatic heterocycles. The van der Waals surface area contributed by atoms with Gasteiger partial charge in [-0.25, -0.2) is 4.98 Å². The van der Waals surface area contributed by atoms with Crippen molar-refractivity contribution < 1.29 is 0 Å². The number of nitrogens with two attached hydrogens (primary N) is 1. The SMILES string of the molecule is CN1CCN(c2cccc3[nH]c(-c4c(N)c5ccccc5[nH]c4=O)nc23)CC1. The summed E-state index contributed by atoms with van der Waals surface area (Å²) >= 11 is 0. The van der Waals surface area contributed by atoms with E-state index in [9.17, 15) is 4.79 Å². The first kappa shape index (κ1) is 16.8. The molecule has 7 nitrogen and oxygen atoms in total. The molecule has 2 aromatic heterocycles. The zero-order valence-electron chi connectivity index (χ0n) is 15.7. The third-order valence-corrected chi connectivity index (χ3v) is 5.53. The Kier molecular flexibility index (Phi) is 3.84. The van der Waals surface area contributed by atoms with Gasteiger partial charge >= 0.3 is 0 Å². The number of rotatable bonds is 2. The lowest BCUT2D eigenvalue weighted by atomic mass is 10.1. The third kappa shape index (κ3) is 2.63. The van der Waals surface area contributed by atoms with Gasteiger partial charge in [-0.15, -0.1) is 0 Å². The molecule has 0 aliphatic carbocycles. The molecule has 0 amide bonds. The summed E-state index contributed by atoms with van der Waals surface area (Å²) in [7, 11) is 2.14. The van der Waals surface area contributed by atoms with E-state index in [0.717, 1.165) is 53.8 Å². The number of imidazole rings is 1. The highest BCUT2D eigenvalue weighted by Crippen LogP contribution is 2.31. The van der Waals surface area contributed by atoms with E-state index in [0.29, 0.717) is 17.1 Å². The maximum Gasteiger partial charge on any atom is 0.261 e. The van der Waals surface area contributed by atoms with Gasteiger partial charge in [0.2, 0.25) is 0 Å². The average Bonchev–Trinajstić information content (AvgIpc) is 3.12. The number of fused-ring (bicyclic) bond motifs is 2. The largest absolute Gasteiger partial charge is 0.397 e. The third-order valence-electron chi connectivity index (χ3n) is 5.53. The van der Waals surface area contributed by atoms with Crippen LogP contribution in [0.1, 0.15) is 0 Å². The number of benzene rings is 2. The molecule has 0 radical (unpaired) electrons. The van der Waals surface area contributed by atoms with Crippen LogP contribution < -0.4 is 16.2 Å². The van der Waals surface area contributed by atoms with Crippen molar-refractivity contribution in [3.05, 3.63) is 52.8 Å². The van der Waals surface area contributed by atoms with Crippen molar-refractivity contribution in [3.63, 3.8) is 0 Å². The van der Waals surface area contributed by atoms with Gasteiger partial charge in [0.15, 0.2) is 0 Å². The highest BCUT2D eigenvalue weighted by atomic mass is 16.1. The molecule has 3 heterocycles. The number of hydrogen-bond acceptors (Lipinski definition) is 5. The van der Waals surface area contributed by atoms with E-state index >= 15 is 0 Å². The van der Waals surface area contributed by atoms with E-state index in [1.807, 2.05) is 36.4 Å². The number of H-pyrrole nitrogens is 2. The normalized spacial score (nSPS) is 15.5. The van der Waals surface area contributed by atoms with E-state index in [1.165, 1.54) is 0 Å². The number of piperazine rings is 1. The van der Waals surface area contributed by atoms with Crippen LogP contribution in [0.2, 0.25) is 0 Å². The molecule has 1 aliphatic rings. The Hall–Kier alpha value is -3.32. The first-order chi connectivity index (χ1) is 13.6. The second-order valence-electron chi connectivity index (χ2n) is 7.34. The number of nitrogen functional groups attached to an aromatic ring is 1. The first-order valence-electron chi connectivity index (χ1n) is 9.45. The van der Waals surface area contributed by atoms with Crippen LogP contribution in [0.25, 0.3) is 33.3 Å². The molecule has 5 rings (SSSR count). The number of aromatic amines is 2. The number of nitrogens with zero attached hydrogens (tertiary/aromatic N) is 3. The standard InChI is InChI=1S/C21H22N6O/c1-26-9-11-27(12-10-26)16-8-4-7-15-19(16)25-20(23-15)17-18(22)13-5-2-3-6-14(13)24-21(17)28/h2-8H,9-12H2,1H3,(H,23,25)(H3,22,24,28). The molecule has 0 saturated carbocycles. The van der Waals surface area contributed by atoms with Gasteiger partial charge in [0.1, 0.15) is 16.9 Å². The van der Waals surface area contributed by atoms with E-state index in [-0.39, 0.29) is 5.56 Å². The number of pyridine rings is 1. The minimum absolute atomic E-state index is 0.239. The lowest BCUT2D eigenvalue weighted by Gasteiger charge is -2.34. The van der Waals surface area contributed by atoms with Gasteiger partial charge in [-0.3, -0.25) is 4.79 Å². The van der Waals surface area contributed by atoms with Gasteiger partial charge in [-0.05, 0) is 25.2 Å². The molecule has 1 fully saturated rings. The minimum Gasteiger partial charge on any atom is -0.397 e. The molecule has 142 valence electrons. The molecule has 0 atom stereocenters. The Bertz CT molecular complexity index is 1230. The summed E-state index contributed by atoms with van der Waals surface area (Å²) in [6.07, 6.45) is 0. The van der Waals surface area contributed by atoms with Crippen LogP contribution in [0, 0.1) is 0 Å². The summed E-state index contributed by atoms with van der Waals surface area (Å²) in [5.41, 5.74) is 10.5. The number of para-hydroxylation sites is 2. The van der Waals surface area contributed by atoms with Crippen LogP contribution in [0.15, 0.2) is 47.3 Å². The van der Waals surface area contributed by atoms with E-state index in [2.05, 4.69) is 32.9 Å². The summed E-state index contributed by atoms with van der Waals surface area (Å²) < 4.78 is 0. The summed E-state index contributed by atoms with van der Waals surface area (Å²) in [5.74, 6) is 0.501. The molecule has 0 unspecified atom stereocenters. The quantitative estimate of drug-likeness (QED) is 0.501. The zero-order chi connectivity index (χ0) is 19.3. The van der Waals surface area contributed by atoms with Crippen LogP contribution in [0.4, 0.5) is 11.4 Å². The maximum atomic E-state index is 12.7. The van der Waals surface area contributed by atoms with Crippen LogP contribution >= 0.6 is 0 Å². The molecule has 28 heavy (non-hydrogen) atoms. The number of hydrogen-bond donors (Lipinski definition) is 3. The van der Waals surface area contributed by atoms with Gasteiger partial charge in [-0.1, -0.05) is 24.3 Å². The molecule has 1 saturated heterocycles. The Labute approximate surface area is 161 Å². The second-order valence-corrected chi connectivity index (χ2v) is 7.34. The molecule has 2 aromatic carbocycles. The summed E-state index contributed by atoms with van der Waals surface area (Å²) in [6.45, 7) is 3.95. The Balaban J connectivity index is 1.66. The van der Waals surface area contributed by atoms with Crippen LogP contribution in [0.5, 0.6) is 0 Å². The van der Waals surface area contributed by atoms with Crippen molar-refractivity contribution >= 4 is 33.3 Å². The minimum atomic E-state index is -0.239. The van der Waals surface area contributed by atoms with Gasteiger partial charge in [0, 0.05) is 31.6 Å². The number of likely N-dealkylation sites (N-methyl/N-ethyl adjacent to an activating group) is 1. The predicted octanol–water partition coefficient (Wildman–Crippen LogP) is 2.41. The van der Waals surface area contributed by atoms with Crippen molar-refractivity contribution in [2.24, 2.45) is 0 Å². The monoisotopic (exact) mass is 374 g/mol. The molecule has 7 heteroatoms. The maximum absolute atomic E-state index is 12.7. The van der Waals surface area contributed by atoms with Crippen molar-refractivity contribution in [1.82, 2.24) is 19.9 Å². The van der Waals surface area contributed by atoms with Crippen molar-refractivity contribution in [2.75, 3.05) is 43.9 Å². The Morgan fingerprint density at radius 3 is 2.54 bits per heavy atom. The fourth-order valence-corrected chi connectivity index (χ4v) is 3.94. The highest BCUT2D eigenvalue weighted by Gasteiger charge is 2.20. The molecular formula is C21H22N6O. The topological polar surface area (TPSA) is 94.0 Å². The Morgan fingerprint density at radius 2 is 1.71 bits per heavy atom. The lowest BCUT2D eigenvalue weighted by molar-refractivity contribution is 0.313. The lowest BCUT2D eigenvalue weighted by Crippen LogP contribution is -2.44.